The first-order valence-corrected chi connectivity index (χ1v) is 9.57. The van der Waals surface area contributed by atoms with Gasteiger partial charge in [0, 0.05) is 11.8 Å². The van der Waals surface area contributed by atoms with Crippen molar-refractivity contribution < 1.29 is 23.7 Å². The summed E-state index contributed by atoms with van der Waals surface area (Å²) in [6, 6.07) is 12.0. The number of ether oxygens (including phenoxy) is 4. The van der Waals surface area contributed by atoms with E-state index < -0.39 is 0 Å². The molecule has 140 valence electrons. The number of carbonyl (C=O) groups is 1. The van der Waals surface area contributed by atoms with E-state index >= 15 is 0 Å². The van der Waals surface area contributed by atoms with Crippen LogP contribution in [0.5, 0.6) is 23.0 Å². The van der Waals surface area contributed by atoms with Gasteiger partial charge in [-0.3, -0.25) is 4.79 Å². The third-order valence-electron chi connectivity index (χ3n) is 5.75. The van der Waals surface area contributed by atoms with Crippen molar-refractivity contribution in [2.24, 2.45) is 11.8 Å². The molecule has 5 rings (SSSR count). The number of benzene rings is 2. The minimum atomic E-state index is 0.0816. The minimum Gasteiger partial charge on any atom is -0.454 e. The van der Waals surface area contributed by atoms with Gasteiger partial charge in [-0.25, -0.2) is 0 Å². The Bertz CT molecular complexity index is 806. The van der Waals surface area contributed by atoms with Crippen LogP contribution >= 0.6 is 0 Å². The molecule has 0 amide bonds. The van der Waals surface area contributed by atoms with Crippen LogP contribution in [0.3, 0.4) is 0 Å². The van der Waals surface area contributed by atoms with E-state index in [0.29, 0.717) is 5.78 Å². The van der Waals surface area contributed by atoms with Crippen molar-refractivity contribution in [1.29, 1.82) is 0 Å². The molecule has 2 unspecified atom stereocenters. The highest BCUT2D eigenvalue weighted by molar-refractivity contribution is 5.84. The summed E-state index contributed by atoms with van der Waals surface area (Å²) in [5.41, 5.74) is 2.28. The van der Waals surface area contributed by atoms with Gasteiger partial charge in [0.25, 0.3) is 0 Å². The van der Waals surface area contributed by atoms with E-state index in [1.807, 2.05) is 36.4 Å². The molecule has 27 heavy (non-hydrogen) atoms. The summed E-state index contributed by atoms with van der Waals surface area (Å²) in [7, 11) is 0. The lowest BCUT2D eigenvalue weighted by Crippen LogP contribution is -2.31. The Labute approximate surface area is 158 Å². The molecule has 2 atom stereocenters. The number of Topliss-reactive ketones (excluding diaryl/α,β-unsaturated/α-hetero) is 1. The standard InChI is InChI=1S/C22H22O5/c23-22-16(8-14-4-6-18-20(10-14)26-12-24-18)2-1-3-17(22)9-15-5-7-19-21(11-15)27-13-25-19/h4-7,10-11,16-17H,1-3,8-9,12-13H2. The van der Waals surface area contributed by atoms with Gasteiger partial charge < -0.3 is 18.9 Å². The number of carbonyl (C=O) groups excluding carboxylic acids is 1. The Balaban J connectivity index is 1.27. The zero-order valence-corrected chi connectivity index (χ0v) is 15.1. The number of hydrogen-bond donors (Lipinski definition) is 0. The summed E-state index contributed by atoms with van der Waals surface area (Å²) in [5.74, 6) is 3.69. The van der Waals surface area contributed by atoms with Crippen LogP contribution in [-0.4, -0.2) is 19.4 Å². The molecule has 2 aliphatic heterocycles. The zero-order valence-electron chi connectivity index (χ0n) is 15.1. The highest BCUT2D eigenvalue weighted by Gasteiger charge is 2.31. The molecule has 2 aromatic carbocycles. The average Bonchev–Trinajstić information content (AvgIpc) is 3.33. The van der Waals surface area contributed by atoms with Gasteiger partial charge >= 0.3 is 0 Å². The van der Waals surface area contributed by atoms with Crippen LogP contribution in [0.4, 0.5) is 0 Å². The Morgan fingerprint density at radius 2 is 1.19 bits per heavy atom. The fourth-order valence-electron chi connectivity index (χ4n) is 4.34. The molecule has 0 saturated heterocycles. The lowest BCUT2D eigenvalue weighted by Gasteiger charge is -2.28. The lowest BCUT2D eigenvalue weighted by atomic mass is 9.75. The van der Waals surface area contributed by atoms with E-state index in [-0.39, 0.29) is 25.4 Å². The monoisotopic (exact) mass is 366 g/mol. The predicted molar refractivity (Wildman–Crippen MR) is 98.4 cm³/mol. The maximum absolute atomic E-state index is 13.1. The molecule has 0 aromatic heterocycles. The normalized spacial score (nSPS) is 22.9. The molecule has 0 radical (unpaired) electrons. The van der Waals surface area contributed by atoms with Gasteiger partial charge in [0.1, 0.15) is 5.78 Å². The van der Waals surface area contributed by atoms with Gasteiger partial charge in [-0.1, -0.05) is 18.6 Å². The van der Waals surface area contributed by atoms with Crippen LogP contribution in [-0.2, 0) is 17.6 Å². The fraction of sp³-hybridized carbons (Fsp3) is 0.409. The molecule has 2 heterocycles. The topological polar surface area (TPSA) is 54.0 Å². The van der Waals surface area contributed by atoms with Crippen LogP contribution in [0.1, 0.15) is 30.4 Å². The summed E-state index contributed by atoms with van der Waals surface area (Å²) in [4.78, 5) is 13.1. The molecule has 1 aliphatic carbocycles. The van der Waals surface area contributed by atoms with E-state index in [9.17, 15) is 4.79 Å². The van der Waals surface area contributed by atoms with Crippen molar-refractivity contribution in [1.82, 2.24) is 0 Å². The molecule has 5 nitrogen and oxygen atoms in total. The van der Waals surface area contributed by atoms with Gasteiger partial charge in [-0.15, -0.1) is 0 Å². The smallest absolute Gasteiger partial charge is 0.231 e. The summed E-state index contributed by atoms with van der Waals surface area (Å²) < 4.78 is 21.7. The molecule has 0 spiro atoms. The largest absolute Gasteiger partial charge is 0.454 e. The summed E-state index contributed by atoms with van der Waals surface area (Å²) in [5, 5.41) is 0. The Morgan fingerprint density at radius 3 is 1.70 bits per heavy atom. The zero-order chi connectivity index (χ0) is 18.2. The molecular formula is C22H22O5. The van der Waals surface area contributed by atoms with Crippen LogP contribution in [0, 0.1) is 11.8 Å². The van der Waals surface area contributed by atoms with Crippen LogP contribution < -0.4 is 18.9 Å². The summed E-state index contributed by atoms with van der Waals surface area (Å²) in [6.45, 7) is 0.553. The van der Waals surface area contributed by atoms with E-state index in [4.69, 9.17) is 18.9 Å². The van der Waals surface area contributed by atoms with Crippen LogP contribution in [0.25, 0.3) is 0 Å². The van der Waals surface area contributed by atoms with Crippen molar-refractivity contribution in [3.8, 4) is 23.0 Å². The Kier molecular flexibility index (Phi) is 4.15. The van der Waals surface area contributed by atoms with E-state index in [0.717, 1.165) is 66.2 Å². The minimum absolute atomic E-state index is 0.0816. The second-order valence-corrected chi connectivity index (χ2v) is 7.51. The fourth-order valence-corrected chi connectivity index (χ4v) is 4.34. The molecule has 0 N–H and O–H groups in total. The quantitative estimate of drug-likeness (QED) is 0.821. The first kappa shape index (κ1) is 16.5. The molecule has 0 bridgehead atoms. The molecule has 5 heteroatoms. The number of rotatable bonds is 4. The van der Waals surface area contributed by atoms with Gasteiger partial charge in [0.15, 0.2) is 23.0 Å². The number of ketones is 1. The first-order chi connectivity index (χ1) is 13.3. The summed E-state index contributed by atoms with van der Waals surface area (Å²) in [6.07, 6.45) is 4.56. The second-order valence-electron chi connectivity index (χ2n) is 7.51. The van der Waals surface area contributed by atoms with Crippen molar-refractivity contribution in [3.63, 3.8) is 0 Å². The van der Waals surface area contributed by atoms with Crippen molar-refractivity contribution in [2.75, 3.05) is 13.6 Å². The number of hydrogen-bond acceptors (Lipinski definition) is 5. The third-order valence-corrected chi connectivity index (χ3v) is 5.75. The maximum atomic E-state index is 13.1. The molecule has 1 fully saturated rings. The molecule has 3 aliphatic rings. The lowest BCUT2D eigenvalue weighted by molar-refractivity contribution is -0.129. The van der Waals surface area contributed by atoms with Crippen LogP contribution in [0.15, 0.2) is 36.4 Å². The summed E-state index contributed by atoms with van der Waals surface area (Å²) >= 11 is 0. The van der Waals surface area contributed by atoms with E-state index in [1.165, 1.54) is 0 Å². The molecule has 2 aromatic rings. The van der Waals surface area contributed by atoms with Crippen molar-refractivity contribution in [2.45, 2.75) is 32.1 Å². The third kappa shape index (κ3) is 3.22. The van der Waals surface area contributed by atoms with Crippen molar-refractivity contribution in [3.05, 3.63) is 47.5 Å². The SMILES string of the molecule is O=C1C(Cc2ccc3c(c2)OCO3)CCCC1Cc1ccc2c(c1)OCO2. The van der Waals surface area contributed by atoms with Gasteiger partial charge in [0.2, 0.25) is 13.6 Å². The van der Waals surface area contributed by atoms with E-state index in [2.05, 4.69) is 0 Å². The highest BCUT2D eigenvalue weighted by Crippen LogP contribution is 2.37. The molecule has 1 saturated carbocycles. The highest BCUT2D eigenvalue weighted by atomic mass is 16.7. The Morgan fingerprint density at radius 1 is 0.704 bits per heavy atom. The second kappa shape index (κ2) is 6.80. The predicted octanol–water partition coefficient (Wildman–Crippen LogP) is 3.91. The first-order valence-electron chi connectivity index (χ1n) is 9.57. The van der Waals surface area contributed by atoms with E-state index in [1.54, 1.807) is 0 Å². The maximum Gasteiger partial charge on any atom is 0.231 e. The van der Waals surface area contributed by atoms with Gasteiger partial charge in [0.05, 0.1) is 0 Å². The molecular weight excluding hydrogens is 344 g/mol. The number of fused-ring (bicyclic) bond motifs is 2. The Hall–Kier alpha value is -2.69. The van der Waals surface area contributed by atoms with Gasteiger partial charge in [-0.05, 0) is 61.1 Å². The van der Waals surface area contributed by atoms with Crippen LogP contribution in [0.2, 0.25) is 0 Å². The van der Waals surface area contributed by atoms with Gasteiger partial charge in [-0.2, -0.15) is 0 Å². The van der Waals surface area contributed by atoms with Crippen molar-refractivity contribution >= 4 is 5.78 Å². The average molecular weight is 366 g/mol.